The Kier molecular flexibility index (Phi) is 6.12. The Bertz CT molecular complexity index is 1170. The Labute approximate surface area is 186 Å². The molecule has 0 radical (unpaired) electrons. The number of amides is 3. The van der Waals surface area contributed by atoms with Gasteiger partial charge in [0.15, 0.2) is 0 Å². The highest BCUT2D eigenvalue weighted by atomic mass is 16.2. The number of hydrogen-bond donors (Lipinski definition) is 2. The predicted molar refractivity (Wildman–Crippen MR) is 125 cm³/mol. The van der Waals surface area contributed by atoms with Gasteiger partial charge in [0.1, 0.15) is 5.70 Å². The zero-order valence-corrected chi connectivity index (χ0v) is 17.7. The largest absolute Gasteiger partial charge is 0.350 e. The molecule has 1 heterocycles. The van der Waals surface area contributed by atoms with Crippen molar-refractivity contribution in [2.75, 3.05) is 17.2 Å². The van der Waals surface area contributed by atoms with Crippen LogP contribution in [0.15, 0.2) is 90.6 Å². The molecule has 0 aromatic heterocycles. The Balaban J connectivity index is 1.61. The van der Waals surface area contributed by atoms with E-state index in [0.717, 1.165) is 5.56 Å². The van der Waals surface area contributed by atoms with Crippen LogP contribution >= 0.6 is 0 Å². The summed E-state index contributed by atoms with van der Waals surface area (Å²) in [6, 6.07) is 25.9. The number of hydrogen-bond acceptors (Lipinski definition) is 4. The van der Waals surface area contributed by atoms with E-state index in [1.165, 1.54) is 11.8 Å². The van der Waals surface area contributed by atoms with E-state index in [2.05, 4.69) is 10.6 Å². The summed E-state index contributed by atoms with van der Waals surface area (Å²) in [4.78, 5) is 39.1. The van der Waals surface area contributed by atoms with Gasteiger partial charge in [-0.25, -0.2) is 0 Å². The van der Waals surface area contributed by atoms with Crippen molar-refractivity contribution in [3.8, 4) is 0 Å². The van der Waals surface area contributed by atoms with Crippen LogP contribution in [0.5, 0.6) is 0 Å². The maximum atomic E-state index is 13.3. The van der Waals surface area contributed by atoms with Crippen LogP contribution in [-0.4, -0.2) is 29.2 Å². The standard InChI is InChI=1S/C26H23N3O3/c1-18(30)27-21-12-14-22(15-13-21)28-24-23(20-10-6-3-7-11-20)25(31)29(26(24)32)17-16-19-8-4-2-5-9-19/h2-15,28H,16-17H2,1H3,(H,27,30). The summed E-state index contributed by atoms with van der Waals surface area (Å²) in [5, 5.41) is 5.84. The molecular weight excluding hydrogens is 402 g/mol. The molecule has 0 saturated carbocycles. The minimum Gasteiger partial charge on any atom is -0.350 e. The van der Waals surface area contributed by atoms with Gasteiger partial charge in [-0.3, -0.25) is 19.3 Å². The summed E-state index contributed by atoms with van der Waals surface area (Å²) in [6.07, 6.45) is 0.582. The third-order valence-electron chi connectivity index (χ3n) is 5.17. The van der Waals surface area contributed by atoms with E-state index in [0.29, 0.717) is 35.5 Å². The van der Waals surface area contributed by atoms with Crippen molar-refractivity contribution in [2.45, 2.75) is 13.3 Å². The number of anilines is 2. The molecule has 1 aliphatic heterocycles. The molecule has 0 fully saturated rings. The topological polar surface area (TPSA) is 78.5 Å². The van der Waals surface area contributed by atoms with Crippen LogP contribution in [0.1, 0.15) is 18.1 Å². The van der Waals surface area contributed by atoms with Gasteiger partial charge in [0.05, 0.1) is 5.57 Å². The van der Waals surface area contributed by atoms with Gasteiger partial charge in [-0.1, -0.05) is 60.7 Å². The molecule has 0 atom stereocenters. The van der Waals surface area contributed by atoms with E-state index in [1.807, 2.05) is 60.7 Å². The average molecular weight is 425 g/mol. The van der Waals surface area contributed by atoms with Crippen molar-refractivity contribution in [3.05, 3.63) is 102 Å². The van der Waals surface area contributed by atoms with Gasteiger partial charge in [-0.05, 0) is 41.8 Å². The summed E-state index contributed by atoms with van der Waals surface area (Å²) >= 11 is 0. The van der Waals surface area contributed by atoms with Crippen molar-refractivity contribution in [1.82, 2.24) is 4.90 Å². The lowest BCUT2D eigenvalue weighted by molar-refractivity contribution is -0.136. The van der Waals surface area contributed by atoms with Crippen molar-refractivity contribution in [1.29, 1.82) is 0 Å². The van der Waals surface area contributed by atoms with Crippen LogP contribution in [0.3, 0.4) is 0 Å². The highest BCUT2D eigenvalue weighted by Gasteiger charge is 2.38. The lowest BCUT2D eigenvalue weighted by atomic mass is 10.0. The van der Waals surface area contributed by atoms with E-state index in [4.69, 9.17) is 0 Å². The fraction of sp³-hybridized carbons (Fsp3) is 0.115. The van der Waals surface area contributed by atoms with E-state index in [-0.39, 0.29) is 23.4 Å². The SMILES string of the molecule is CC(=O)Nc1ccc(NC2=C(c3ccccc3)C(=O)N(CCc3ccccc3)C2=O)cc1. The number of carbonyl (C=O) groups is 3. The lowest BCUT2D eigenvalue weighted by Gasteiger charge is -2.15. The number of imide groups is 1. The first-order valence-electron chi connectivity index (χ1n) is 10.4. The first-order valence-corrected chi connectivity index (χ1v) is 10.4. The first-order chi connectivity index (χ1) is 15.5. The van der Waals surface area contributed by atoms with Gasteiger partial charge in [0.25, 0.3) is 11.8 Å². The molecule has 4 rings (SSSR count). The normalized spacial score (nSPS) is 13.5. The lowest BCUT2D eigenvalue weighted by Crippen LogP contribution is -2.34. The quantitative estimate of drug-likeness (QED) is 0.559. The molecule has 6 heteroatoms. The van der Waals surface area contributed by atoms with Gasteiger partial charge < -0.3 is 10.6 Å². The fourth-order valence-corrected chi connectivity index (χ4v) is 3.64. The molecule has 3 amide bonds. The van der Waals surface area contributed by atoms with E-state index >= 15 is 0 Å². The van der Waals surface area contributed by atoms with Crippen LogP contribution in [0.4, 0.5) is 11.4 Å². The minimum atomic E-state index is -0.351. The molecular formula is C26H23N3O3. The van der Waals surface area contributed by atoms with E-state index in [1.54, 1.807) is 24.3 Å². The average Bonchev–Trinajstić information content (AvgIpc) is 3.03. The van der Waals surface area contributed by atoms with Crippen molar-refractivity contribution < 1.29 is 14.4 Å². The zero-order chi connectivity index (χ0) is 22.5. The summed E-state index contributed by atoms with van der Waals surface area (Å²) < 4.78 is 0. The number of carbonyl (C=O) groups excluding carboxylic acids is 3. The Hall–Kier alpha value is -4.19. The Morgan fingerprint density at radius 3 is 2.00 bits per heavy atom. The van der Waals surface area contributed by atoms with Crippen LogP contribution < -0.4 is 10.6 Å². The molecule has 6 nitrogen and oxygen atoms in total. The van der Waals surface area contributed by atoms with Gasteiger partial charge in [-0.15, -0.1) is 0 Å². The first kappa shape index (κ1) is 21.1. The molecule has 3 aromatic carbocycles. The van der Waals surface area contributed by atoms with E-state index in [9.17, 15) is 14.4 Å². The number of nitrogens with zero attached hydrogens (tertiary/aromatic N) is 1. The molecule has 160 valence electrons. The number of nitrogens with one attached hydrogen (secondary N) is 2. The molecule has 2 N–H and O–H groups in total. The van der Waals surface area contributed by atoms with Gasteiger partial charge in [0.2, 0.25) is 5.91 Å². The molecule has 0 bridgehead atoms. The fourth-order valence-electron chi connectivity index (χ4n) is 3.64. The van der Waals surface area contributed by atoms with Crippen molar-refractivity contribution in [2.24, 2.45) is 0 Å². The second-order valence-corrected chi connectivity index (χ2v) is 7.50. The molecule has 1 aliphatic rings. The zero-order valence-electron chi connectivity index (χ0n) is 17.7. The minimum absolute atomic E-state index is 0.162. The van der Waals surface area contributed by atoms with E-state index < -0.39 is 0 Å². The second-order valence-electron chi connectivity index (χ2n) is 7.50. The highest BCUT2D eigenvalue weighted by Crippen LogP contribution is 2.30. The van der Waals surface area contributed by atoms with Crippen LogP contribution in [0.2, 0.25) is 0 Å². The number of benzene rings is 3. The summed E-state index contributed by atoms with van der Waals surface area (Å²) in [6.45, 7) is 1.74. The predicted octanol–water partition coefficient (Wildman–Crippen LogP) is 4.08. The maximum absolute atomic E-state index is 13.3. The molecule has 32 heavy (non-hydrogen) atoms. The van der Waals surface area contributed by atoms with Gasteiger partial charge >= 0.3 is 0 Å². The Morgan fingerprint density at radius 1 is 0.781 bits per heavy atom. The molecule has 0 aliphatic carbocycles. The monoisotopic (exact) mass is 425 g/mol. The van der Waals surface area contributed by atoms with Crippen LogP contribution in [0, 0.1) is 0 Å². The third-order valence-corrected chi connectivity index (χ3v) is 5.17. The maximum Gasteiger partial charge on any atom is 0.278 e. The summed E-state index contributed by atoms with van der Waals surface area (Å²) in [5.74, 6) is -0.823. The molecule has 3 aromatic rings. The van der Waals surface area contributed by atoms with Gasteiger partial charge in [-0.2, -0.15) is 0 Å². The molecule has 0 saturated heterocycles. The number of rotatable bonds is 7. The molecule has 0 spiro atoms. The molecule has 0 unspecified atom stereocenters. The van der Waals surface area contributed by atoms with Crippen LogP contribution in [0.25, 0.3) is 5.57 Å². The smallest absolute Gasteiger partial charge is 0.278 e. The van der Waals surface area contributed by atoms with Crippen LogP contribution in [-0.2, 0) is 20.8 Å². The van der Waals surface area contributed by atoms with Crippen molar-refractivity contribution in [3.63, 3.8) is 0 Å². The highest BCUT2D eigenvalue weighted by molar-refractivity contribution is 6.36. The van der Waals surface area contributed by atoms with Crippen molar-refractivity contribution >= 4 is 34.7 Å². The summed E-state index contributed by atoms with van der Waals surface area (Å²) in [5.41, 5.74) is 3.65. The second kappa shape index (κ2) is 9.31. The third kappa shape index (κ3) is 4.59. The van der Waals surface area contributed by atoms with Gasteiger partial charge in [0, 0.05) is 24.8 Å². The Morgan fingerprint density at radius 2 is 1.38 bits per heavy atom. The summed E-state index contributed by atoms with van der Waals surface area (Å²) in [7, 11) is 0.